The van der Waals surface area contributed by atoms with Gasteiger partial charge in [0.1, 0.15) is 48.8 Å². The summed E-state index contributed by atoms with van der Waals surface area (Å²) in [6.07, 6.45) is -16.3. The molecule has 1 saturated carbocycles. The molecule has 1 aliphatic carbocycles. The molecule has 16 heteroatoms. The van der Waals surface area contributed by atoms with Crippen molar-refractivity contribution >= 4 is 7.85 Å². The lowest BCUT2D eigenvalue weighted by molar-refractivity contribution is -0.301. The first-order valence-corrected chi connectivity index (χ1v) is 15.0. The number of ether oxygens (including phenoxy) is 7. The van der Waals surface area contributed by atoms with Gasteiger partial charge in [-0.15, -0.1) is 0 Å². The summed E-state index contributed by atoms with van der Waals surface area (Å²) in [5, 5.41) is 53.9. The van der Waals surface area contributed by atoms with E-state index in [0.717, 1.165) is 0 Å². The van der Waals surface area contributed by atoms with Crippen molar-refractivity contribution in [3.63, 3.8) is 0 Å². The van der Waals surface area contributed by atoms with Gasteiger partial charge in [-0.25, -0.2) is 0 Å². The largest absolute Gasteiger partial charge is 0.391 e. The molecule has 5 aliphatic rings. The van der Waals surface area contributed by atoms with E-state index < -0.39 is 110 Å². The van der Waals surface area contributed by atoms with Gasteiger partial charge in [-0.05, 0) is 26.2 Å². The van der Waals surface area contributed by atoms with Crippen LogP contribution in [0.5, 0.6) is 0 Å². The standard InChI is InChI=1S/C27H48BN3O12/c1-7-5-11(30)22(42-25-13(28)17(34)24-20(40-25)8(2)9(3)37-24)23(15(7)32)43-27-19(36)21(10(4)38-27)41-26-14(31)18(35)16(33)12(6-29)39-26/h7-27,32-36H,5-6,29-31H2,1-4H3/t7-,8?,9?,10-,11?,12?,13?,14?,15?,16-,17-,18?,19?,20?,21+,22-,23-,24+,25-,26-,27+/m1/s1/i4D. The van der Waals surface area contributed by atoms with Crippen LogP contribution in [-0.4, -0.2) is 150 Å². The predicted molar refractivity (Wildman–Crippen MR) is 148 cm³/mol. The van der Waals surface area contributed by atoms with Crippen LogP contribution in [0.2, 0.25) is 5.82 Å². The van der Waals surface area contributed by atoms with Gasteiger partial charge in [0, 0.05) is 25.7 Å². The third kappa shape index (κ3) is 6.27. The number of nitrogens with two attached hydrogens (primary N) is 3. The van der Waals surface area contributed by atoms with E-state index in [2.05, 4.69) is 0 Å². The molecule has 4 heterocycles. The van der Waals surface area contributed by atoms with E-state index >= 15 is 0 Å². The molecule has 15 nitrogen and oxygen atoms in total. The van der Waals surface area contributed by atoms with Crippen LogP contribution in [0.25, 0.3) is 0 Å². The number of hydrogen-bond acceptors (Lipinski definition) is 15. The third-order valence-corrected chi connectivity index (χ3v) is 9.75. The molecule has 246 valence electrons. The van der Waals surface area contributed by atoms with E-state index in [1.807, 2.05) is 13.8 Å². The summed E-state index contributed by atoms with van der Waals surface area (Å²) in [6.45, 7) is 5.17. The lowest BCUT2D eigenvalue weighted by Crippen LogP contribution is -2.64. The Bertz CT molecular complexity index is 966. The Morgan fingerprint density at radius 3 is 2.09 bits per heavy atom. The molecule has 0 aromatic heterocycles. The molecule has 43 heavy (non-hydrogen) atoms. The molecule has 4 aliphatic heterocycles. The minimum Gasteiger partial charge on any atom is -0.391 e. The van der Waals surface area contributed by atoms with Crippen molar-refractivity contribution in [2.24, 2.45) is 29.0 Å². The zero-order valence-electron chi connectivity index (χ0n) is 25.6. The normalized spacial score (nSPS) is 57.8. The second-order valence-corrected chi connectivity index (χ2v) is 12.7. The maximum Gasteiger partial charge on any atom is 0.187 e. The fourth-order valence-corrected chi connectivity index (χ4v) is 6.76. The van der Waals surface area contributed by atoms with E-state index in [1.165, 1.54) is 0 Å². The molecule has 10 unspecified atom stereocenters. The zero-order valence-corrected chi connectivity index (χ0v) is 24.6. The molecule has 0 aromatic rings. The maximum atomic E-state index is 11.3. The molecule has 0 aromatic carbocycles. The van der Waals surface area contributed by atoms with Crippen molar-refractivity contribution in [3.8, 4) is 0 Å². The molecule has 21 atom stereocenters. The highest BCUT2D eigenvalue weighted by atomic mass is 16.8. The van der Waals surface area contributed by atoms with E-state index in [1.54, 1.807) is 6.92 Å². The first-order chi connectivity index (χ1) is 20.8. The summed E-state index contributed by atoms with van der Waals surface area (Å²) < 4.78 is 49.9. The maximum absolute atomic E-state index is 11.3. The lowest BCUT2D eigenvalue weighted by atomic mass is 9.75. The third-order valence-electron chi connectivity index (χ3n) is 9.75. The minimum absolute atomic E-state index is 0.0440. The highest BCUT2D eigenvalue weighted by Gasteiger charge is 2.55. The van der Waals surface area contributed by atoms with Crippen molar-refractivity contribution in [1.82, 2.24) is 0 Å². The van der Waals surface area contributed by atoms with Crippen LogP contribution in [0, 0.1) is 11.8 Å². The van der Waals surface area contributed by atoms with Crippen molar-refractivity contribution in [2.75, 3.05) is 6.54 Å². The number of fused-ring (bicyclic) bond motifs is 1. The van der Waals surface area contributed by atoms with Gasteiger partial charge < -0.3 is 75.9 Å². The fourth-order valence-electron chi connectivity index (χ4n) is 6.76. The average Bonchev–Trinajstić information content (AvgIpc) is 3.45. The smallest absolute Gasteiger partial charge is 0.187 e. The molecule has 5 fully saturated rings. The number of aliphatic hydroxyl groups excluding tert-OH is 5. The first kappa shape index (κ1) is 32.4. The van der Waals surface area contributed by atoms with Gasteiger partial charge >= 0.3 is 0 Å². The van der Waals surface area contributed by atoms with E-state index in [9.17, 15) is 25.5 Å². The number of aliphatic hydroxyl groups is 5. The van der Waals surface area contributed by atoms with E-state index in [0.29, 0.717) is 6.42 Å². The lowest BCUT2D eigenvalue weighted by Gasteiger charge is -2.47. The Hall–Kier alpha value is -0.535. The summed E-state index contributed by atoms with van der Waals surface area (Å²) in [7, 11) is 6.33. The first-order valence-electron chi connectivity index (χ1n) is 15.7. The van der Waals surface area contributed by atoms with Gasteiger partial charge in [-0.1, -0.05) is 13.8 Å². The van der Waals surface area contributed by atoms with Gasteiger partial charge in [0.15, 0.2) is 18.9 Å². The SMILES string of the molecule is [2H]C[C@H]1O[C@@H](O[C@@H]2C(O)[C@H](C)CC(N)[C@H]2O[C@H]2OC3C(C)C(C)O[C@H]3[C@H](O)C2[B])C(O)[C@H]1O[C@H]1OC(CN)[C@@H](O)C(O)C1N. The minimum atomic E-state index is -1.49. The fraction of sp³-hybridized carbons (Fsp3) is 1.00. The van der Waals surface area contributed by atoms with E-state index in [4.69, 9.17) is 59.6 Å². The molecule has 4 saturated heterocycles. The molecule has 0 amide bonds. The topological polar surface area (TPSA) is 244 Å². The molecular weight excluding hydrogens is 569 g/mol. The number of hydrogen-bond donors (Lipinski definition) is 8. The Balaban J connectivity index is 1.31. The van der Waals surface area contributed by atoms with Crippen LogP contribution in [0.1, 0.15) is 35.5 Å². The average molecular weight is 619 g/mol. The van der Waals surface area contributed by atoms with Crippen LogP contribution in [-0.2, 0) is 33.2 Å². The van der Waals surface area contributed by atoms with Crippen LogP contribution in [0.3, 0.4) is 0 Å². The summed E-state index contributed by atoms with van der Waals surface area (Å²) in [5.41, 5.74) is 18.2. The van der Waals surface area contributed by atoms with Crippen molar-refractivity contribution < 1.29 is 60.1 Å². The second-order valence-electron chi connectivity index (χ2n) is 12.7. The summed E-state index contributed by atoms with van der Waals surface area (Å²) in [4.78, 5) is 0. The van der Waals surface area contributed by atoms with Gasteiger partial charge in [-0.2, -0.15) is 0 Å². The van der Waals surface area contributed by atoms with Crippen LogP contribution in [0.15, 0.2) is 0 Å². The van der Waals surface area contributed by atoms with Crippen molar-refractivity contribution in [1.29, 1.82) is 0 Å². The van der Waals surface area contributed by atoms with Crippen LogP contribution < -0.4 is 17.2 Å². The van der Waals surface area contributed by atoms with Crippen molar-refractivity contribution in [2.45, 2.75) is 150 Å². The van der Waals surface area contributed by atoms with Crippen molar-refractivity contribution in [3.05, 3.63) is 0 Å². The molecule has 5 rings (SSSR count). The molecular formula is C27H48BN3O12. The van der Waals surface area contributed by atoms with Crippen LogP contribution >= 0.6 is 0 Å². The zero-order chi connectivity index (χ0) is 32.2. The molecule has 0 spiro atoms. The monoisotopic (exact) mass is 618 g/mol. The van der Waals surface area contributed by atoms with Gasteiger partial charge in [0.05, 0.1) is 44.4 Å². The Kier molecular flexibility index (Phi) is 10.0. The highest BCUT2D eigenvalue weighted by molar-refractivity contribution is 6.12. The number of rotatable bonds is 7. The molecule has 0 bridgehead atoms. The Labute approximate surface area is 254 Å². The van der Waals surface area contributed by atoms with E-state index in [-0.39, 0.29) is 31.4 Å². The summed E-state index contributed by atoms with van der Waals surface area (Å²) in [5.74, 6) is -1.34. The second kappa shape index (κ2) is 13.3. The quantitative estimate of drug-likeness (QED) is 0.127. The van der Waals surface area contributed by atoms with Crippen LogP contribution in [0.4, 0.5) is 0 Å². The van der Waals surface area contributed by atoms with Gasteiger partial charge in [0.2, 0.25) is 0 Å². The summed E-state index contributed by atoms with van der Waals surface area (Å²) in [6, 6.07) is -1.83. The predicted octanol–water partition coefficient (Wildman–Crippen LogP) is -3.83. The molecule has 2 radical (unpaired) electrons. The highest BCUT2D eigenvalue weighted by Crippen LogP contribution is 2.42. The van der Waals surface area contributed by atoms with Gasteiger partial charge in [-0.3, -0.25) is 0 Å². The molecule has 11 N–H and O–H groups in total. The van der Waals surface area contributed by atoms with Gasteiger partial charge in [0.25, 0.3) is 0 Å². The Morgan fingerprint density at radius 2 is 1.42 bits per heavy atom. The summed E-state index contributed by atoms with van der Waals surface area (Å²) >= 11 is 0. The Morgan fingerprint density at radius 1 is 0.744 bits per heavy atom.